The molecular weight excluding hydrogens is 238 g/mol. The molecule has 0 aliphatic carbocycles. The zero-order valence-electron chi connectivity index (χ0n) is 9.04. The highest BCUT2D eigenvalue weighted by Gasteiger charge is 2.30. The minimum Gasteiger partial charge on any atom is -0.395 e. The minimum absolute atomic E-state index is 0.0281. The first kappa shape index (κ1) is 13.9. The van der Waals surface area contributed by atoms with Crippen LogP contribution in [0.1, 0.15) is 5.56 Å². The predicted molar refractivity (Wildman–Crippen MR) is 54.8 cm³/mol. The highest BCUT2D eigenvalue weighted by molar-refractivity contribution is 5.15. The fourth-order valence-corrected chi connectivity index (χ4v) is 1.46. The number of benzene rings is 1. The van der Waals surface area contributed by atoms with Crippen LogP contribution in [0.25, 0.3) is 0 Å². The largest absolute Gasteiger partial charge is 0.401 e. The molecule has 0 aliphatic rings. The normalized spacial score (nSPS) is 12.1. The van der Waals surface area contributed by atoms with Gasteiger partial charge in [-0.3, -0.25) is 4.90 Å². The second kappa shape index (κ2) is 5.97. The van der Waals surface area contributed by atoms with E-state index in [2.05, 4.69) is 0 Å². The summed E-state index contributed by atoms with van der Waals surface area (Å²) in [5.74, 6) is -0.432. The third-order valence-corrected chi connectivity index (χ3v) is 2.14. The number of nitrogens with zero attached hydrogens (tertiary/aromatic N) is 1. The summed E-state index contributed by atoms with van der Waals surface area (Å²) in [5, 5.41) is 8.69. The van der Waals surface area contributed by atoms with Crippen LogP contribution in [0.5, 0.6) is 0 Å². The van der Waals surface area contributed by atoms with Gasteiger partial charge in [0.25, 0.3) is 0 Å². The zero-order valence-corrected chi connectivity index (χ0v) is 9.04. The maximum absolute atomic E-state index is 12.6. The Kier molecular flexibility index (Phi) is 4.89. The van der Waals surface area contributed by atoms with Gasteiger partial charge in [0.15, 0.2) is 0 Å². The summed E-state index contributed by atoms with van der Waals surface area (Å²) in [6.07, 6.45) is -4.31. The zero-order chi connectivity index (χ0) is 12.9. The van der Waals surface area contributed by atoms with E-state index in [0.29, 0.717) is 5.56 Å². The molecular formula is C11H13F4NO. The van der Waals surface area contributed by atoms with Crippen molar-refractivity contribution in [3.63, 3.8) is 0 Å². The van der Waals surface area contributed by atoms with E-state index in [1.165, 1.54) is 24.3 Å². The first-order chi connectivity index (χ1) is 7.90. The Bertz CT molecular complexity index is 336. The van der Waals surface area contributed by atoms with Gasteiger partial charge >= 0.3 is 6.18 Å². The molecule has 0 saturated carbocycles. The van der Waals surface area contributed by atoms with E-state index in [1.807, 2.05) is 0 Å². The molecule has 1 rings (SSSR count). The minimum atomic E-state index is -4.31. The highest BCUT2D eigenvalue weighted by Crippen LogP contribution is 2.18. The van der Waals surface area contributed by atoms with Gasteiger partial charge in [-0.25, -0.2) is 4.39 Å². The molecule has 1 N–H and O–H groups in total. The molecule has 2 nitrogen and oxygen atoms in total. The number of halogens is 4. The van der Waals surface area contributed by atoms with Gasteiger partial charge in [0.05, 0.1) is 13.2 Å². The van der Waals surface area contributed by atoms with E-state index in [0.717, 1.165) is 4.90 Å². The summed E-state index contributed by atoms with van der Waals surface area (Å²) < 4.78 is 49.2. The molecule has 0 aromatic heterocycles. The lowest BCUT2D eigenvalue weighted by atomic mass is 10.2. The number of aliphatic hydroxyl groups is 1. The van der Waals surface area contributed by atoms with Crippen LogP contribution in [-0.2, 0) is 6.54 Å². The fourth-order valence-electron chi connectivity index (χ4n) is 1.46. The van der Waals surface area contributed by atoms with Gasteiger partial charge in [0.2, 0.25) is 0 Å². The molecule has 0 amide bonds. The Morgan fingerprint density at radius 3 is 2.18 bits per heavy atom. The maximum atomic E-state index is 12.6. The van der Waals surface area contributed by atoms with Crippen LogP contribution in [-0.4, -0.2) is 35.9 Å². The molecule has 1 aromatic rings. The molecule has 0 bridgehead atoms. The second-order valence-electron chi connectivity index (χ2n) is 3.68. The van der Waals surface area contributed by atoms with Crippen molar-refractivity contribution in [2.45, 2.75) is 12.7 Å². The van der Waals surface area contributed by atoms with E-state index in [9.17, 15) is 17.6 Å². The summed E-state index contributed by atoms with van der Waals surface area (Å²) in [6.45, 7) is -1.49. The van der Waals surface area contributed by atoms with E-state index >= 15 is 0 Å². The first-order valence-electron chi connectivity index (χ1n) is 5.05. The molecule has 0 heterocycles. The topological polar surface area (TPSA) is 23.5 Å². The molecule has 6 heteroatoms. The third-order valence-electron chi connectivity index (χ3n) is 2.14. The second-order valence-corrected chi connectivity index (χ2v) is 3.68. The Labute approximate surface area is 96.5 Å². The molecule has 96 valence electrons. The van der Waals surface area contributed by atoms with Gasteiger partial charge < -0.3 is 5.11 Å². The van der Waals surface area contributed by atoms with Crippen LogP contribution in [0.3, 0.4) is 0 Å². The van der Waals surface area contributed by atoms with Crippen molar-refractivity contribution in [1.82, 2.24) is 4.90 Å². The van der Waals surface area contributed by atoms with Crippen molar-refractivity contribution in [3.05, 3.63) is 35.6 Å². The molecule has 1 aromatic carbocycles. The molecule has 17 heavy (non-hydrogen) atoms. The van der Waals surface area contributed by atoms with Crippen molar-refractivity contribution in [2.75, 3.05) is 19.7 Å². The molecule has 0 spiro atoms. The Morgan fingerprint density at radius 1 is 1.12 bits per heavy atom. The van der Waals surface area contributed by atoms with Crippen molar-refractivity contribution in [2.24, 2.45) is 0 Å². The number of alkyl halides is 3. The molecule has 0 fully saturated rings. The number of aliphatic hydroxyl groups excluding tert-OH is 1. The Balaban J connectivity index is 2.63. The van der Waals surface area contributed by atoms with Crippen molar-refractivity contribution < 1.29 is 22.7 Å². The summed E-state index contributed by atoms with van der Waals surface area (Å²) in [5.41, 5.74) is 0.573. The average molecular weight is 251 g/mol. The summed E-state index contributed by atoms with van der Waals surface area (Å²) in [4.78, 5) is 1.06. The molecule has 0 unspecified atom stereocenters. The van der Waals surface area contributed by atoms with Crippen LogP contribution >= 0.6 is 0 Å². The summed E-state index contributed by atoms with van der Waals surface area (Å²) in [6, 6.07) is 5.24. The van der Waals surface area contributed by atoms with Crippen LogP contribution < -0.4 is 0 Å². The summed E-state index contributed by atoms with van der Waals surface area (Å²) >= 11 is 0. The predicted octanol–water partition coefficient (Wildman–Crippen LogP) is 2.18. The standard InChI is InChI=1S/C11H13F4NO/c12-10-3-1-9(2-4-10)7-16(5-6-17)8-11(13,14)15/h1-4,17H,5-8H2. The Morgan fingerprint density at radius 2 is 1.71 bits per heavy atom. The van der Waals surface area contributed by atoms with Gasteiger partial charge in [-0.15, -0.1) is 0 Å². The van der Waals surface area contributed by atoms with Gasteiger partial charge in [0.1, 0.15) is 5.82 Å². The van der Waals surface area contributed by atoms with E-state index in [-0.39, 0.29) is 19.7 Å². The smallest absolute Gasteiger partial charge is 0.395 e. The van der Waals surface area contributed by atoms with Gasteiger partial charge in [0, 0.05) is 13.1 Å². The van der Waals surface area contributed by atoms with Gasteiger partial charge in [-0.05, 0) is 17.7 Å². The summed E-state index contributed by atoms with van der Waals surface area (Å²) in [7, 11) is 0. The molecule has 0 radical (unpaired) electrons. The lowest BCUT2D eigenvalue weighted by Crippen LogP contribution is -2.35. The van der Waals surface area contributed by atoms with E-state index in [1.54, 1.807) is 0 Å². The monoisotopic (exact) mass is 251 g/mol. The first-order valence-corrected chi connectivity index (χ1v) is 5.05. The Hall–Kier alpha value is -1.14. The fraction of sp³-hybridized carbons (Fsp3) is 0.455. The van der Waals surface area contributed by atoms with Crippen LogP contribution in [0.15, 0.2) is 24.3 Å². The van der Waals surface area contributed by atoms with E-state index in [4.69, 9.17) is 5.11 Å². The number of hydrogen-bond donors (Lipinski definition) is 1. The molecule has 0 saturated heterocycles. The third kappa shape index (κ3) is 5.65. The average Bonchev–Trinajstić information content (AvgIpc) is 2.19. The SMILES string of the molecule is OCCN(Cc1ccc(F)cc1)CC(F)(F)F. The quantitative estimate of drug-likeness (QED) is 0.811. The van der Waals surface area contributed by atoms with Crippen LogP contribution in [0.2, 0.25) is 0 Å². The van der Waals surface area contributed by atoms with Crippen molar-refractivity contribution in [1.29, 1.82) is 0 Å². The highest BCUT2D eigenvalue weighted by atomic mass is 19.4. The van der Waals surface area contributed by atoms with Crippen LogP contribution in [0, 0.1) is 5.82 Å². The molecule has 0 atom stereocenters. The lowest BCUT2D eigenvalue weighted by molar-refractivity contribution is -0.147. The number of hydrogen-bond acceptors (Lipinski definition) is 2. The molecule has 0 aliphatic heterocycles. The van der Waals surface area contributed by atoms with Gasteiger partial charge in [-0.1, -0.05) is 12.1 Å². The van der Waals surface area contributed by atoms with Gasteiger partial charge in [-0.2, -0.15) is 13.2 Å². The van der Waals surface area contributed by atoms with Crippen LogP contribution in [0.4, 0.5) is 17.6 Å². The van der Waals surface area contributed by atoms with Crippen molar-refractivity contribution >= 4 is 0 Å². The number of rotatable bonds is 5. The van der Waals surface area contributed by atoms with Crippen molar-refractivity contribution in [3.8, 4) is 0 Å². The maximum Gasteiger partial charge on any atom is 0.401 e. The van der Waals surface area contributed by atoms with E-state index < -0.39 is 18.5 Å². The lowest BCUT2D eigenvalue weighted by Gasteiger charge is -2.22.